The Hall–Kier alpha value is -1.06. The van der Waals surface area contributed by atoms with E-state index in [2.05, 4.69) is 17.6 Å². The molecular weight excluding hydrogens is 272 g/mol. The molecule has 1 amide bonds. The van der Waals surface area contributed by atoms with Crippen molar-refractivity contribution < 1.29 is 4.79 Å². The van der Waals surface area contributed by atoms with Crippen LogP contribution in [-0.2, 0) is 4.79 Å². The Morgan fingerprint density at radius 1 is 1.35 bits per heavy atom. The highest BCUT2D eigenvalue weighted by molar-refractivity contribution is 6.30. The molecule has 1 fully saturated rings. The van der Waals surface area contributed by atoms with Crippen molar-refractivity contribution in [3.8, 4) is 0 Å². The fourth-order valence-electron chi connectivity index (χ4n) is 2.96. The first kappa shape index (κ1) is 15.3. The Kier molecular flexibility index (Phi) is 5.86. The molecule has 1 aromatic rings. The first-order valence-corrected chi connectivity index (χ1v) is 7.85. The summed E-state index contributed by atoms with van der Waals surface area (Å²) >= 11 is 5.90. The Labute approximate surface area is 126 Å². The average molecular weight is 295 g/mol. The number of carbonyl (C=O) groups is 1. The monoisotopic (exact) mass is 294 g/mol. The number of hydrogen-bond acceptors (Lipinski definition) is 2. The van der Waals surface area contributed by atoms with Gasteiger partial charge in [-0.2, -0.15) is 0 Å². The predicted octanol–water partition coefficient (Wildman–Crippen LogP) is 3.84. The second-order valence-electron chi connectivity index (χ2n) is 5.50. The molecule has 0 saturated heterocycles. The minimum absolute atomic E-state index is 0.00677. The lowest BCUT2D eigenvalue weighted by Crippen LogP contribution is -2.42. The van der Waals surface area contributed by atoms with Crippen LogP contribution in [0, 0.1) is 5.92 Å². The van der Waals surface area contributed by atoms with E-state index in [0.29, 0.717) is 23.5 Å². The summed E-state index contributed by atoms with van der Waals surface area (Å²) in [6.07, 6.45) is 6.25. The first-order valence-electron chi connectivity index (χ1n) is 7.48. The van der Waals surface area contributed by atoms with Gasteiger partial charge in [0.2, 0.25) is 5.91 Å². The van der Waals surface area contributed by atoms with E-state index in [1.54, 1.807) is 12.1 Å². The van der Waals surface area contributed by atoms with Crippen LogP contribution in [0.25, 0.3) is 0 Å². The van der Waals surface area contributed by atoms with Gasteiger partial charge < -0.3 is 10.6 Å². The van der Waals surface area contributed by atoms with Crippen LogP contribution in [0.4, 0.5) is 5.69 Å². The Morgan fingerprint density at radius 3 is 2.90 bits per heavy atom. The van der Waals surface area contributed by atoms with Gasteiger partial charge in [0.1, 0.15) is 0 Å². The molecule has 0 aliphatic heterocycles. The van der Waals surface area contributed by atoms with Crippen LogP contribution in [0.5, 0.6) is 0 Å². The molecule has 0 aromatic heterocycles. The number of nitrogens with one attached hydrogen (secondary N) is 2. The topological polar surface area (TPSA) is 41.1 Å². The van der Waals surface area contributed by atoms with Crippen molar-refractivity contribution in [2.24, 2.45) is 5.92 Å². The summed E-state index contributed by atoms with van der Waals surface area (Å²) in [5, 5.41) is 6.91. The van der Waals surface area contributed by atoms with Crippen molar-refractivity contribution in [2.75, 3.05) is 11.9 Å². The Balaban J connectivity index is 1.79. The van der Waals surface area contributed by atoms with Crippen LogP contribution in [0.1, 0.15) is 39.0 Å². The van der Waals surface area contributed by atoms with Crippen molar-refractivity contribution in [3.05, 3.63) is 29.3 Å². The maximum Gasteiger partial charge on any atom is 0.238 e. The smallest absolute Gasteiger partial charge is 0.238 e. The molecule has 1 aliphatic carbocycles. The van der Waals surface area contributed by atoms with Gasteiger partial charge in [-0.1, -0.05) is 43.9 Å². The van der Waals surface area contributed by atoms with Gasteiger partial charge in [-0.05, 0) is 37.0 Å². The molecule has 0 spiro atoms. The number of rotatable bonds is 5. The van der Waals surface area contributed by atoms with Gasteiger partial charge in [0.25, 0.3) is 0 Å². The Bertz CT molecular complexity index is 450. The number of benzene rings is 1. The van der Waals surface area contributed by atoms with Crippen LogP contribution in [-0.4, -0.2) is 18.5 Å². The molecule has 0 bridgehead atoms. The first-order chi connectivity index (χ1) is 9.69. The number of anilines is 1. The van der Waals surface area contributed by atoms with E-state index in [4.69, 9.17) is 11.6 Å². The van der Waals surface area contributed by atoms with E-state index in [1.165, 1.54) is 32.1 Å². The zero-order chi connectivity index (χ0) is 14.4. The molecule has 1 saturated carbocycles. The van der Waals surface area contributed by atoms with Crippen LogP contribution in [0.3, 0.4) is 0 Å². The van der Waals surface area contributed by atoms with E-state index >= 15 is 0 Å². The molecule has 1 aromatic carbocycles. The lowest BCUT2D eigenvalue weighted by Gasteiger charge is -2.31. The normalized spacial score (nSPS) is 22.5. The van der Waals surface area contributed by atoms with Crippen LogP contribution in [0.15, 0.2) is 24.3 Å². The molecule has 0 heterocycles. The minimum Gasteiger partial charge on any atom is -0.325 e. The van der Waals surface area contributed by atoms with E-state index in [0.717, 1.165) is 5.69 Å². The molecular formula is C16H23ClN2O. The van der Waals surface area contributed by atoms with Crippen LogP contribution >= 0.6 is 11.6 Å². The van der Waals surface area contributed by atoms with E-state index in [-0.39, 0.29) is 5.91 Å². The maximum atomic E-state index is 11.9. The zero-order valence-electron chi connectivity index (χ0n) is 12.0. The second-order valence-corrected chi connectivity index (χ2v) is 5.94. The number of carbonyl (C=O) groups excluding carboxylic acids is 1. The summed E-state index contributed by atoms with van der Waals surface area (Å²) in [7, 11) is 0. The summed E-state index contributed by atoms with van der Waals surface area (Å²) < 4.78 is 0. The lowest BCUT2D eigenvalue weighted by atomic mass is 9.83. The lowest BCUT2D eigenvalue weighted by molar-refractivity contribution is -0.115. The quantitative estimate of drug-likeness (QED) is 0.866. The van der Waals surface area contributed by atoms with Gasteiger partial charge in [0.15, 0.2) is 0 Å². The molecule has 1 aliphatic rings. The third-order valence-electron chi connectivity index (χ3n) is 4.07. The van der Waals surface area contributed by atoms with Crippen molar-refractivity contribution >= 4 is 23.2 Å². The van der Waals surface area contributed by atoms with Gasteiger partial charge >= 0.3 is 0 Å². The third kappa shape index (κ3) is 4.50. The summed E-state index contributed by atoms with van der Waals surface area (Å²) in [5.41, 5.74) is 0.750. The van der Waals surface area contributed by atoms with Crippen LogP contribution < -0.4 is 10.6 Å². The predicted molar refractivity (Wildman–Crippen MR) is 84.1 cm³/mol. The molecule has 2 rings (SSSR count). The van der Waals surface area contributed by atoms with Gasteiger partial charge in [-0.3, -0.25) is 4.79 Å². The number of hydrogen-bond donors (Lipinski definition) is 2. The highest BCUT2D eigenvalue weighted by Gasteiger charge is 2.23. The fraction of sp³-hybridized carbons (Fsp3) is 0.562. The fourth-order valence-corrected chi connectivity index (χ4v) is 3.15. The van der Waals surface area contributed by atoms with Gasteiger partial charge in [-0.15, -0.1) is 0 Å². The third-order valence-corrected chi connectivity index (χ3v) is 4.30. The highest BCUT2D eigenvalue weighted by Crippen LogP contribution is 2.26. The number of halogens is 1. The SMILES string of the molecule is CCC1CCCCC1NCC(=O)Nc1cccc(Cl)c1. The highest BCUT2D eigenvalue weighted by atomic mass is 35.5. The summed E-state index contributed by atoms with van der Waals surface area (Å²) in [5.74, 6) is 0.704. The molecule has 20 heavy (non-hydrogen) atoms. The van der Waals surface area contributed by atoms with Gasteiger partial charge in [-0.25, -0.2) is 0 Å². The maximum absolute atomic E-state index is 11.9. The molecule has 4 heteroatoms. The zero-order valence-corrected chi connectivity index (χ0v) is 12.7. The van der Waals surface area contributed by atoms with E-state index in [1.807, 2.05) is 12.1 Å². The van der Waals surface area contributed by atoms with Crippen molar-refractivity contribution in [1.82, 2.24) is 5.32 Å². The largest absolute Gasteiger partial charge is 0.325 e. The van der Waals surface area contributed by atoms with Crippen molar-refractivity contribution in [2.45, 2.75) is 45.1 Å². The summed E-state index contributed by atoms with van der Waals surface area (Å²) in [4.78, 5) is 11.9. The second kappa shape index (κ2) is 7.65. The standard InChI is InChI=1S/C16H23ClN2O/c1-2-12-6-3-4-9-15(12)18-11-16(20)19-14-8-5-7-13(17)10-14/h5,7-8,10,12,15,18H,2-4,6,9,11H2,1H3,(H,19,20). The molecule has 3 nitrogen and oxygen atoms in total. The molecule has 0 radical (unpaired) electrons. The molecule has 110 valence electrons. The van der Waals surface area contributed by atoms with Crippen LogP contribution in [0.2, 0.25) is 5.02 Å². The van der Waals surface area contributed by atoms with Gasteiger partial charge in [0.05, 0.1) is 6.54 Å². The van der Waals surface area contributed by atoms with E-state index in [9.17, 15) is 4.79 Å². The number of amides is 1. The summed E-state index contributed by atoms with van der Waals surface area (Å²) in [6.45, 7) is 2.60. The van der Waals surface area contributed by atoms with Crippen molar-refractivity contribution in [3.63, 3.8) is 0 Å². The summed E-state index contributed by atoms with van der Waals surface area (Å²) in [6, 6.07) is 7.72. The Morgan fingerprint density at radius 2 is 2.15 bits per heavy atom. The average Bonchev–Trinajstić information content (AvgIpc) is 2.45. The molecule has 2 unspecified atom stereocenters. The minimum atomic E-state index is -0.00677. The van der Waals surface area contributed by atoms with Crippen molar-refractivity contribution in [1.29, 1.82) is 0 Å². The molecule has 2 atom stereocenters. The molecule has 2 N–H and O–H groups in total. The van der Waals surface area contributed by atoms with E-state index < -0.39 is 0 Å². The van der Waals surface area contributed by atoms with Gasteiger partial charge in [0, 0.05) is 16.8 Å².